The van der Waals surface area contributed by atoms with Crippen molar-refractivity contribution in [1.82, 2.24) is 14.8 Å². The van der Waals surface area contributed by atoms with Crippen LogP contribution in [0.15, 0.2) is 5.38 Å². The lowest BCUT2D eigenvalue weighted by Gasteiger charge is -2.49. The molecule has 0 atom stereocenters. The van der Waals surface area contributed by atoms with E-state index in [4.69, 9.17) is 11.6 Å². The van der Waals surface area contributed by atoms with Crippen molar-refractivity contribution in [3.05, 3.63) is 16.1 Å². The molecule has 0 bridgehead atoms. The van der Waals surface area contributed by atoms with Gasteiger partial charge in [-0.05, 0) is 53.4 Å². The highest BCUT2D eigenvalue weighted by atomic mass is 35.5. The van der Waals surface area contributed by atoms with Gasteiger partial charge < -0.3 is 9.80 Å². The summed E-state index contributed by atoms with van der Waals surface area (Å²) in [6.07, 6.45) is 6.31. The molecule has 3 nitrogen and oxygen atoms in total. The molecule has 20 heavy (non-hydrogen) atoms. The second-order valence-corrected chi connectivity index (χ2v) is 7.39. The normalized spacial score (nSPS) is 17.7. The van der Waals surface area contributed by atoms with Crippen molar-refractivity contribution in [3.8, 4) is 0 Å². The summed E-state index contributed by atoms with van der Waals surface area (Å²) in [6.45, 7) is 2.33. The van der Waals surface area contributed by atoms with E-state index in [0.29, 0.717) is 11.4 Å². The van der Waals surface area contributed by atoms with Gasteiger partial charge in [-0.15, -0.1) is 22.9 Å². The fourth-order valence-electron chi connectivity index (χ4n) is 2.94. The van der Waals surface area contributed by atoms with Crippen LogP contribution in [0.2, 0.25) is 0 Å². The summed E-state index contributed by atoms with van der Waals surface area (Å²) in [7, 11) is 6.68. The third-order valence-corrected chi connectivity index (χ3v) is 5.70. The molecule has 1 heterocycles. The molecular weight excluding hydrogens is 290 g/mol. The first-order valence-corrected chi connectivity index (χ1v) is 8.82. The number of hydrogen-bond donors (Lipinski definition) is 0. The monoisotopic (exact) mass is 315 g/mol. The number of thiazole rings is 1. The topological polar surface area (TPSA) is 19.4 Å². The lowest BCUT2D eigenvalue weighted by atomic mass is 9.75. The highest BCUT2D eigenvalue weighted by Crippen LogP contribution is 2.36. The van der Waals surface area contributed by atoms with Crippen molar-refractivity contribution in [3.63, 3.8) is 0 Å². The number of aryl methyl sites for hydroxylation is 1. The van der Waals surface area contributed by atoms with Gasteiger partial charge in [0.15, 0.2) is 0 Å². The lowest BCUT2D eigenvalue weighted by Crippen LogP contribution is -2.56. The molecule has 0 radical (unpaired) electrons. The van der Waals surface area contributed by atoms with Gasteiger partial charge >= 0.3 is 0 Å². The van der Waals surface area contributed by atoms with Crippen molar-refractivity contribution >= 4 is 22.9 Å². The van der Waals surface area contributed by atoms with Gasteiger partial charge in [-0.25, -0.2) is 4.98 Å². The number of nitrogens with zero attached hydrogens (tertiary/aromatic N) is 3. The van der Waals surface area contributed by atoms with E-state index >= 15 is 0 Å². The molecule has 0 unspecified atom stereocenters. The van der Waals surface area contributed by atoms with E-state index < -0.39 is 0 Å². The number of aromatic nitrogens is 1. The maximum Gasteiger partial charge on any atom is 0.0929 e. The second-order valence-electron chi connectivity index (χ2n) is 6.18. The fraction of sp³-hybridized carbons (Fsp3) is 0.800. The molecule has 0 amide bonds. The summed E-state index contributed by atoms with van der Waals surface area (Å²) in [5, 5.41) is 3.29. The van der Waals surface area contributed by atoms with Crippen LogP contribution in [0.25, 0.3) is 0 Å². The summed E-state index contributed by atoms with van der Waals surface area (Å²) >= 11 is 7.52. The van der Waals surface area contributed by atoms with Gasteiger partial charge in [0, 0.05) is 23.9 Å². The molecule has 0 aliphatic heterocycles. The molecule has 0 N–H and O–H groups in total. The predicted octanol–water partition coefficient (Wildman–Crippen LogP) is 3.23. The van der Waals surface area contributed by atoms with Crippen molar-refractivity contribution in [1.29, 1.82) is 0 Å². The average Bonchev–Trinajstić information content (AvgIpc) is 2.81. The summed E-state index contributed by atoms with van der Waals surface area (Å²) in [5.41, 5.74) is 1.45. The maximum atomic E-state index is 5.78. The molecule has 0 saturated heterocycles. The van der Waals surface area contributed by atoms with Crippen LogP contribution in [-0.4, -0.2) is 54.6 Å². The van der Waals surface area contributed by atoms with Crippen LogP contribution in [0.3, 0.4) is 0 Å². The van der Waals surface area contributed by atoms with E-state index in [1.54, 1.807) is 11.3 Å². The van der Waals surface area contributed by atoms with Crippen molar-refractivity contribution in [2.24, 2.45) is 0 Å². The number of alkyl halides is 1. The largest absolute Gasteiger partial charge is 0.305 e. The quantitative estimate of drug-likeness (QED) is 0.687. The molecule has 1 saturated carbocycles. The van der Waals surface area contributed by atoms with E-state index in [1.807, 2.05) is 0 Å². The third kappa shape index (κ3) is 3.94. The standard InChI is InChI=1S/C15H26ClN3S/c1-18(2)15(7-5-8-15)12-19(3)9-4-6-14-17-13(10-16)11-20-14/h11H,4-10,12H2,1-3H3. The summed E-state index contributed by atoms with van der Waals surface area (Å²) in [6, 6.07) is 0. The highest BCUT2D eigenvalue weighted by molar-refractivity contribution is 7.09. The predicted molar refractivity (Wildman–Crippen MR) is 87.8 cm³/mol. The molecule has 1 aromatic rings. The molecule has 1 aliphatic carbocycles. The number of hydrogen-bond acceptors (Lipinski definition) is 4. The first kappa shape index (κ1) is 16.2. The van der Waals surface area contributed by atoms with E-state index in [1.165, 1.54) is 37.2 Å². The zero-order valence-corrected chi connectivity index (χ0v) is 14.4. The van der Waals surface area contributed by atoms with Gasteiger partial charge in [-0.3, -0.25) is 0 Å². The summed E-state index contributed by atoms with van der Waals surface area (Å²) in [4.78, 5) is 9.41. The first-order chi connectivity index (χ1) is 9.55. The first-order valence-electron chi connectivity index (χ1n) is 7.41. The van der Waals surface area contributed by atoms with Crippen LogP contribution >= 0.6 is 22.9 Å². The van der Waals surface area contributed by atoms with Crippen molar-refractivity contribution in [2.45, 2.75) is 43.5 Å². The molecule has 0 spiro atoms. The van der Waals surface area contributed by atoms with Crippen LogP contribution < -0.4 is 0 Å². The average molecular weight is 316 g/mol. The molecule has 2 rings (SSSR count). The van der Waals surface area contributed by atoms with E-state index in [9.17, 15) is 0 Å². The Balaban J connectivity index is 1.71. The Hall–Kier alpha value is -0.160. The molecule has 1 fully saturated rings. The Morgan fingerprint density at radius 2 is 2.10 bits per heavy atom. The minimum atomic E-state index is 0.432. The van der Waals surface area contributed by atoms with Gasteiger partial charge in [0.2, 0.25) is 0 Å². The van der Waals surface area contributed by atoms with Crippen LogP contribution in [0.1, 0.15) is 36.4 Å². The Kier molecular flexibility index (Phi) is 5.84. The second kappa shape index (κ2) is 7.21. The van der Waals surface area contributed by atoms with Crippen LogP contribution in [0, 0.1) is 0 Å². The minimum Gasteiger partial charge on any atom is -0.305 e. The van der Waals surface area contributed by atoms with Crippen LogP contribution in [0.4, 0.5) is 0 Å². The van der Waals surface area contributed by atoms with Gasteiger partial charge in [0.1, 0.15) is 0 Å². The van der Waals surface area contributed by atoms with Crippen molar-refractivity contribution < 1.29 is 0 Å². The number of halogens is 1. The van der Waals surface area contributed by atoms with E-state index in [2.05, 4.69) is 41.3 Å². The van der Waals surface area contributed by atoms with Crippen molar-refractivity contribution in [2.75, 3.05) is 34.2 Å². The Morgan fingerprint density at radius 3 is 2.60 bits per heavy atom. The Bertz CT molecular complexity index is 415. The molecule has 114 valence electrons. The molecule has 1 aliphatic rings. The third-order valence-electron chi connectivity index (χ3n) is 4.46. The van der Waals surface area contributed by atoms with Crippen LogP contribution in [-0.2, 0) is 12.3 Å². The zero-order chi connectivity index (χ0) is 14.6. The highest BCUT2D eigenvalue weighted by Gasteiger charge is 2.39. The minimum absolute atomic E-state index is 0.432. The van der Waals surface area contributed by atoms with Gasteiger partial charge in [0.25, 0.3) is 0 Å². The zero-order valence-electron chi connectivity index (χ0n) is 12.9. The summed E-state index contributed by atoms with van der Waals surface area (Å²) in [5.74, 6) is 0.530. The van der Waals surface area contributed by atoms with E-state index in [0.717, 1.165) is 18.7 Å². The fourth-order valence-corrected chi connectivity index (χ4v) is 4.01. The molecule has 1 aromatic heterocycles. The molecular formula is C15H26ClN3S. The smallest absolute Gasteiger partial charge is 0.0929 e. The molecule has 5 heteroatoms. The van der Waals surface area contributed by atoms with Gasteiger partial charge in [-0.2, -0.15) is 0 Å². The maximum absolute atomic E-state index is 5.78. The summed E-state index contributed by atoms with van der Waals surface area (Å²) < 4.78 is 0. The Labute approximate surface area is 131 Å². The molecule has 0 aromatic carbocycles. The van der Waals surface area contributed by atoms with Gasteiger partial charge in [-0.1, -0.05) is 0 Å². The van der Waals surface area contributed by atoms with Gasteiger partial charge in [0.05, 0.1) is 16.6 Å². The lowest BCUT2D eigenvalue weighted by molar-refractivity contribution is 0.0277. The van der Waals surface area contributed by atoms with Crippen LogP contribution in [0.5, 0.6) is 0 Å². The Morgan fingerprint density at radius 1 is 1.35 bits per heavy atom. The number of likely N-dealkylation sites (N-methyl/N-ethyl adjacent to an activating group) is 2. The van der Waals surface area contributed by atoms with E-state index in [-0.39, 0.29) is 0 Å². The SMILES string of the molecule is CN(CCCc1nc(CCl)cs1)CC1(N(C)C)CCC1. The number of rotatable bonds is 8.